The van der Waals surface area contributed by atoms with Gasteiger partial charge in [-0.25, -0.2) is 8.42 Å². The number of piperidine rings is 1. The summed E-state index contributed by atoms with van der Waals surface area (Å²) in [5.74, 6) is 0.105. The smallest absolute Gasteiger partial charge is 0.243 e. The first-order chi connectivity index (χ1) is 13.8. The summed E-state index contributed by atoms with van der Waals surface area (Å²) in [5.41, 5.74) is 0.799. The fourth-order valence-electron chi connectivity index (χ4n) is 3.86. The van der Waals surface area contributed by atoms with Gasteiger partial charge in [-0.3, -0.25) is 9.59 Å². The van der Waals surface area contributed by atoms with E-state index in [1.165, 1.54) is 0 Å². The Labute approximate surface area is 173 Å². The highest BCUT2D eigenvalue weighted by Crippen LogP contribution is 2.21. The summed E-state index contributed by atoms with van der Waals surface area (Å²) in [6.45, 7) is 7.13. The molecular formula is C21H31N3O4S. The van der Waals surface area contributed by atoms with Gasteiger partial charge < -0.3 is 9.80 Å². The second-order valence-corrected chi connectivity index (χ2v) is 10.1. The summed E-state index contributed by atoms with van der Waals surface area (Å²) in [4.78, 5) is 28.5. The van der Waals surface area contributed by atoms with E-state index < -0.39 is 10.0 Å². The third-order valence-corrected chi connectivity index (χ3v) is 7.58. The lowest BCUT2D eigenvalue weighted by Gasteiger charge is -2.35. The lowest BCUT2D eigenvalue weighted by Crippen LogP contribution is -2.51. The largest absolute Gasteiger partial charge is 0.339 e. The lowest BCUT2D eigenvalue weighted by atomic mass is 10.1. The van der Waals surface area contributed by atoms with Crippen molar-refractivity contribution < 1.29 is 18.0 Å². The maximum Gasteiger partial charge on any atom is 0.243 e. The van der Waals surface area contributed by atoms with Crippen LogP contribution in [0.3, 0.4) is 0 Å². The van der Waals surface area contributed by atoms with Gasteiger partial charge in [0.15, 0.2) is 0 Å². The predicted molar refractivity (Wildman–Crippen MR) is 111 cm³/mol. The maximum atomic E-state index is 12.7. The number of benzene rings is 1. The number of hydrogen-bond acceptors (Lipinski definition) is 4. The van der Waals surface area contributed by atoms with Gasteiger partial charge in [-0.2, -0.15) is 4.31 Å². The molecule has 0 unspecified atom stereocenters. The maximum absolute atomic E-state index is 12.7. The van der Waals surface area contributed by atoms with Crippen molar-refractivity contribution in [3.05, 3.63) is 29.8 Å². The van der Waals surface area contributed by atoms with E-state index in [-0.39, 0.29) is 29.0 Å². The summed E-state index contributed by atoms with van der Waals surface area (Å²) in [7, 11) is -3.45. The molecule has 0 aromatic heterocycles. The molecule has 2 aliphatic heterocycles. The van der Waals surface area contributed by atoms with Gasteiger partial charge in [0, 0.05) is 45.2 Å². The SMILES string of the molecule is CC(C)C(=O)N1CCN(C(=O)Cc2ccc(S(=O)(=O)N3CCCCC3)cc2)CC1. The Kier molecular flexibility index (Phi) is 6.95. The molecule has 0 atom stereocenters. The van der Waals surface area contributed by atoms with Crippen molar-refractivity contribution in [1.82, 2.24) is 14.1 Å². The van der Waals surface area contributed by atoms with Crippen molar-refractivity contribution in [3.8, 4) is 0 Å². The van der Waals surface area contributed by atoms with Crippen molar-refractivity contribution in [1.29, 1.82) is 0 Å². The third kappa shape index (κ3) is 5.17. The average Bonchev–Trinajstić information content (AvgIpc) is 2.74. The standard InChI is InChI=1S/C21H31N3O4S/c1-17(2)21(26)23-14-12-22(13-15-23)20(25)16-18-6-8-19(9-7-18)29(27,28)24-10-4-3-5-11-24/h6-9,17H,3-5,10-16H2,1-2H3. The molecular weight excluding hydrogens is 390 g/mol. The van der Waals surface area contributed by atoms with Gasteiger partial charge in [0.1, 0.15) is 0 Å². The number of piperazine rings is 1. The summed E-state index contributed by atoms with van der Waals surface area (Å²) in [6, 6.07) is 6.66. The normalized spacial score (nSPS) is 18.9. The van der Waals surface area contributed by atoms with Gasteiger partial charge in [-0.05, 0) is 30.5 Å². The Balaban J connectivity index is 1.56. The highest BCUT2D eigenvalue weighted by atomic mass is 32.2. The molecule has 0 saturated carbocycles. The molecule has 29 heavy (non-hydrogen) atoms. The zero-order chi connectivity index (χ0) is 21.0. The number of carbonyl (C=O) groups is 2. The minimum Gasteiger partial charge on any atom is -0.339 e. The fourth-order valence-corrected chi connectivity index (χ4v) is 5.38. The van der Waals surface area contributed by atoms with Gasteiger partial charge >= 0.3 is 0 Å². The topological polar surface area (TPSA) is 78.0 Å². The van der Waals surface area contributed by atoms with Gasteiger partial charge in [0.25, 0.3) is 0 Å². The first-order valence-electron chi connectivity index (χ1n) is 10.4. The minimum atomic E-state index is -3.45. The van der Waals surface area contributed by atoms with E-state index in [1.807, 2.05) is 18.7 Å². The Bertz CT molecular complexity index is 822. The molecule has 2 aliphatic rings. The molecule has 1 aromatic rings. The van der Waals surface area contributed by atoms with Crippen LogP contribution in [0.1, 0.15) is 38.7 Å². The second-order valence-electron chi connectivity index (χ2n) is 8.15. The zero-order valence-electron chi connectivity index (χ0n) is 17.3. The molecule has 0 N–H and O–H groups in total. The molecule has 0 bridgehead atoms. The first-order valence-corrected chi connectivity index (χ1v) is 11.9. The van der Waals surface area contributed by atoms with Crippen LogP contribution in [-0.4, -0.2) is 73.6 Å². The number of amides is 2. The van der Waals surface area contributed by atoms with Crippen molar-refractivity contribution >= 4 is 21.8 Å². The van der Waals surface area contributed by atoms with Crippen molar-refractivity contribution in [2.24, 2.45) is 5.92 Å². The highest BCUT2D eigenvalue weighted by molar-refractivity contribution is 7.89. The van der Waals surface area contributed by atoms with Crippen LogP contribution in [0, 0.1) is 5.92 Å². The molecule has 0 radical (unpaired) electrons. The molecule has 8 heteroatoms. The highest BCUT2D eigenvalue weighted by Gasteiger charge is 2.27. The summed E-state index contributed by atoms with van der Waals surface area (Å²) >= 11 is 0. The van der Waals surface area contributed by atoms with Crippen LogP contribution < -0.4 is 0 Å². The Morgan fingerprint density at radius 1 is 0.862 bits per heavy atom. The van der Waals surface area contributed by atoms with Crippen LogP contribution >= 0.6 is 0 Å². The molecule has 2 saturated heterocycles. The number of carbonyl (C=O) groups excluding carboxylic acids is 2. The van der Waals surface area contributed by atoms with E-state index in [4.69, 9.17) is 0 Å². The Morgan fingerprint density at radius 2 is 1.41 bits per heavy atom. The minimum absolute atomic E-state index is 0.00767. The van der Waals surface area contributed by atoms with E-state index in [9.17, 15) is 18.0 Å². The predicted octanol–water partition coefficient (Wildman–Crippen LogP) is 1.73. The molecule has 0 aliphatic carbocycles. The van der Waals surface area contributed by atoms with Gasteiger partial charge in [-0.1, -0.05) is 32.4 Å². The summed E-state index contributed by atoms with van der Waals surface area (Å²) < 4.78 is 27.0. The first kappa shape index (κ1) is 21.8. The molecule has 7 nitrogen and oxygen atoms in total. The van der Waals surface area contributed by atoms with Crippen molar-refractivity contribution in [2.75, 3.05) is 39.3 Å². The molecule has 2 fully saturated rings. The molecule has 3 rings (SSSR count). The van der Waals surface area contributed by atoms with E-state index in [2.05, 4.69) is 0 Å². The fraction of sp³-hybridized carbons (Fsp3) is 0.619. The Morgan fingerprint density at radius 3 is 1.97 bits per heavy atom. The monoisotopic (exact) mass is 421 g/mol. The van der Waals surface area contributed by atoms with E-state index >= 15 is 0 Å². The molecule has 2 amide bonds. The average molecular weight is 422 g/mol. The summed E-state index contributed by atoms with van der Waals surface area (Å²) in [6.07, 6.45) is 3.12. The molecule has 0 spiro atoms. The van der Waals surface area contributed by atoms with Crippen molar-refractivity contribution in [2.45, 2.75) is 44.4 Å². The van der Waals surface area contributed by atoms with Crippen LogP contribution in [0.25, 0.3) is 0 Å². The van der Waals surface area contributed by atoms with Crippen LogP contribution in [-0.2, 0) is 26.0 Å². The Hall–Kier alpha value is -1.93. The number of hydrogen-bond donors (Lipinski definition) is 0. The van der Waals surface area contributed by atoms with Gasteiger partial charge in [0.05, 0.1) is 11.3 Å². The van der Waals surface area contributed by atoms with Crippen LogP contribution in [0.5, 0.6) is 0 Å². The molecule has 2 heterocycles. The number of nitrogens with zero attached hydrogens (tertiary/aromatic N) is 3. The third-order valence-electron chi connectivity index (χ3n) is 5.67. The van der Waals surface area contributed by atoms with Crippen LogP contribution in [0.4, 0.5) is 0 Å². The quantitative estimate of drug-likeness (QED) is 0.725. The summed E-state index contributed by atoms with van der Waals surface area (Å²) in [5, 5.41) is 0. The van der Waals surface area contributed by atoms with E-state index in [0.717, 1.165) is 24.8 Å². The van der Waals surface area contributed by atoms with E-state index in [1.54, 1.807) is 33.5 Å². The van der Waals surface area contributed by atoms with Crippen molar-refractivity contribution in [3.63, 3.8) is 0 Å². The van der Waals surface area contributed by atoms with Gasteiger partial charge in [-0.15, -0.1) is 0 Å². The zero-order valence-corrected chi connectivity index (χ0v) is 18.2. The molecule has 1 aromatic carbocycles. The van der Waals surface area contributed by atoms with Crippen LogP contribution in [0.15, 0.2) is 29.2 Å². The van der Waals surface area contributed by atoms with Gasteiger partial charge in [0.2, 0.25) is 21.8 Å². The molecule has 160 valence electrons. The van der Waals surface area contributed by atoms with Crippen LogP contribution in [0.2, 0.25) is 0 Å². The van der Waals surface area contributed by atoms with E-state index in [0.29, 0.717) is 39.3 Å². The lowest BCUT2D eigenvalue weighted by molar-refractivity contribution is -0.141. The second kappa shape index (κ2) is 9.26. The number of rotatable bonds is 5. The number of sulfonamides is 1.